The molecule has 3 aliphatic rings. The molecule has 0 unspecified atom stereocenters. The molecule has 2 saturated carbocycles. The second-order valence-electron chi connectivity index (χ2n) is 8.40. The molecule has 0 radical (unpaired) electrons. The van der Waals surface area contributed by atoms with Gasteiger partial charge in [0.25, 0.3) is 0 Å². The van der Waals surface area contributed by atoms with Gasteiger partial charge in [-0.1, -0.05) is 25.7 Å². The number of amides is 2. The maximum atomic E-state index is 12.6. The average molecular weight is 365 g/mol. The SMILES string of the molecule is C[C@@H](C(=O)NC1CCCCCC1)N1CCN([C@@H](C)C(=O)NC2CC2)CC1. The van der Waals surface area contributed by atoms with Gasteiger partial charge in [0, 0.05) is 38.3 Å². The molecular weight excluding hydrogens is 328 g/mol. The van der Waals surface area contributed by atoms with Gasteiger partial charge in [-0.05, 0) is 39.5 Å². The molecule has 0 aromatic heterocycles. The molecule has 1 saturated heterocycles. The van der Waals surface area contributed by atoms with E-state index in [9.17, 15) is 9.59 Å². The summed E-state index contributed by atoms with van der Waals surface area (Å²) in [5.74, 6) is 0.324. The van der Waals surface area contributed by atoms with E-state index in [1.165, 1.54) is 25.7 Å². The van der Waals surface area contributed by atoms with Crippen molar-refractivity contribution in [2.75, 3.05) is 26.2 Å². The van der Waals surface area contributed by atoms with E-state index >= 15 is 0 Å². The van der Waals surface area contributed by atoms with Crippen LogP contribution in [0.25, 0.3) is 0 Å². The van der Waals surface area contributed by atoms with Crippen LogP contribution in [0.5, 0.6) is 0 Å². The van der Waals surface area contributed by atoms with Crippen LogP contribution in [-0.4, -0.2) is 72.0 Å². The van der Waals surface area contributed by atoms with Crippen molar-refractivity contribution >= 4 is 11.8 Å². The Morgan fingerprint density at radius 3 is 1.46 bits per heavy atom. The van der Waals surface area contributed by atoms with Gasteiger partial charge < -0.3 is 10.6 Å². The zero-order valence-corrected chi connectivity index (χ0v) is 16.5. The van der Waals surface area contributed by atoms with Gasteiger partial charge in [-0.3, -0.25) is 19.4 Å². The maximum Gasteiger partial charge on any atom is 0.237 e. The molecule has 0 aromatic rings. The number of carbonyl (C=O) groups excluding carboxylic acids is 2. The third-order valence-electron chi connectivity index (χ3n) is 6.33. The fourth-order valence-electron chi connectivity index (χ4n) is 4.14. The quantitative estimate of drug-likeness (QED) is 0.701. The van der Waals surface area contributed by atoms with E-state index in [0.29, 0.717) is 12.1 Å². The monoisotopic (exact) mass is 364 g/mol. The summed E-state index contributed by atoms with van der Waals surface area (Å²) in [6, 6.07) is 0.614. The second kappa shape index (κ2) is 9.18. The van der Waals surface area contributed by atoms with Gasteiger partial charge in [0.1, 0.15) is 0 Å². The van der Waals surface area contributed by atoms with Crippen LogP contribution in [0.1, 0.15) is 65.2 Å². The Labute approximate surface area is 158 Å². The number of piperazine rings is 1. The Morgan fingerprint density at radius 2 is 1.08 bits per heavy atom. The minimum atomic E-state index is -0.0870. The van der Waals surface area contributed by atoms with Gasteiger partial charge in [-0.25, -0.2) is 0 Å². The first-order valence-electron chi connectivity index (χ1n) is 10.6. The van der Waals surface area contributed by atoms with Crippen molar-refractivity contribution in [2.24, 2.45) is 0 Å². The summed E-state index contributed by atoms with van der Waals surface area (Å²) in [5.41, 5.74) is 0. The van der Waals surface area contributed by atoms with Gasteiger partial charge in [-0.2, -0.15) is 0 Å². The van der Waals surface area contributed by atoms with Crippen molar-refractivity contribution in [3.63, 3.8) is 0 Å². The molecule has 1 heterocycles. The topological polar surface area (TPSA) is 64.7 Å². The second-order valence-corrected chi connectivity index (χ2v) is 8.40. The Balaban J connectivity index is 1.41. The maximum absolute atomic E-state index is 12.6. The predicted octanol–water partition coefficient (Wildman–Crippen LogP) is 1.50. The van der Waals surface area contributed by atoms with Crippen LogP contribution in [0.2, 0.25) is 0 Å². The molecule has 6 heteroatoms. The molecule has 6 nitrogen and oxygen atoms in total. The van der Waals surface area contributed by atoms with Crippen molar-refractivity contribution in [2.45, 2.75) is 89.4 Å². The Bertz CT molecular complexity index is 478. The smallest absolute Gasteiger partial charge is 0.237 e. The minimum absolute atomic E-state index is 0.0760. The first-order valence-corrected chi connectivity index (χ1v) is 10.6. The van der Waals surface area contributed by atoms with E-state index in [2.05, 4.69) is 20.4 Å². The highest BCUT2D eigenvalue weighted by atomic mass is 16.2. The van der Waals surface area contributed by atoms with E-state index in [4.69, 9.17) is 0 Å². The van der Waals surface area contributed by atoms with E-state index in [1.54, 1.807) is 0 Å². The molecule has 3 fully saturated rings. The van der Waals surface area contributed by atoms with Gasteiger partial charge in [0.15, 0.2) is 0 Å². The molecule has 26 heavy (non-hydrogen) atoms. The molecule has 0 spiro atoms. The van der Waals surface area contributed by atoms with Crippen LogP contribution >= 0.6 is 0 Å². The summed E-state index contributed by atoms with van der Waals surface area (Å²) in [6.07, 6.45) is 9.57. The molecule has 1 aliphatic heterocycles. The zero-order valence-electron chi connectivity index (χ0n) is 16.5. The van der Waals surface area contributed by atoms with E-state index in [1.807, 2.05) is 13.8 Å². The standard InChI is InChI=1S/C20H36N4O2/c1-15(19(25)21-17-7-5-3-4-6-8-17)23-11-13-24(14-12-23)16(2)20(26)22-18-9-10-18/h15-18H,3-14H2,1-2H3,(H,21,25)(H,22,26)/t15-,16-/m0/s1. The summed E-state index contributed by atoms with van der Waals surface area (Å²) in [7, 11) is 0. The van der Waals surface area contributed by atoms with Crippen LogP contribution in [0, 0.1) is 0 Å². The van der Waals surface area contributed by atoms with Crippen molar-refractivity contribution in [3.05, 3.63) is 0 Å². The Kier molecular flexibility index (Phi) is 6.92. The fourth-order valence-corrected chi connectivity index (χ4v) is 4.14. The van der Waals surface area contributed by atoms with Gasteiger partial charge in [-0.15, -0.1) is 0 Å². The van der Waals surface area contributed by atoms with Crippen LogP contribution in [0.3, 0.4) is 0 Å². The van der Waals surface area contributed by atoms with Gasteiger partial charge in [0.05, 0.1) is 12.1 Å². The molecule has 2 N–H and O–H groups in total. The number of rotatable bonds is 6. The average Bonchev–Trinajstić information content (AvgIpc) is 3.48. The molecule has 2 atom stereocenters. The fraction of sp³-hybridized carbons (Fsp3) is 0.900. The van der Waals surface area contributed by atoms with Crippen molar-refractivity contribution in [1.82, 2.24) is 20.4 Å². The van der Waals surface area contributed by atoms with Crippen molar-refractivity contribution in [1.29, 1.82) is 0 Å². The predicted molar refractivity (Wildman–Crippen MR) is 103 cm³/mol. The number of hydrogen-bond donors (Lipinski definition) is 2. The van der Waals surface area contributed by atoms with Crippen molar-refractivity contribution < 1.29 is 9.59 Å². The lowest BCUT2D eigenvalue weighted by molar-refractivity contribution is -0.130. The van der Waals surface area contributed by atoms with Crippen molar-refractivity contribution in [3.8, 4) is 0 Å². The van der Waals surface area contributed by atoms with Crippen LogP contribution in [-0.2, 0) is 9.59 Å². The molecular formula is C20H36N4O2. The van der Waals surface area contributed by atoms with Crippen LogP contribution in [0.15, 0.2) is 0 Å². The summed E-state index contributed by atoms with van der Waals surface area (Å²) in [5, 5.41) is 6.37. The molecule has 2 amide bonds. The lowest BCUT2D eigenvalue weighted by Gasteiger charge is -2.39. The molecule has 2 aliphatic carbocycles. The first kappa shape index (κ1) is 19.6. The molecule has 3 rings (SSSR count). The Morgan fingerprint density at radius 1 is 0.692 bits per heavy atom. The van der Waals surface area contributed by atoms with E-state index < -0.39 is 0 Å². The highest BCUT2D eigenvalue weighted by molar-refractivity contribution is 5.82. The number of nitrogens with one attached hydrogen (secondary N) is 2. The third-order valence-corrected chi connectivity index (χ3v) is 6.33. The molecule has 0 bridgehead atoms. The molecule has 0 aromatic carbocycles. The van der Waals surface area contributed by atoms with Gasteiger partial charge >= 0.3 is 0 Å². The number of nitrogens with zero attached hydrogens (tertiary/aromatic N) is 2. The highest BCUT2D eigenvalue weighted by Crippen LogP contribution is 2.20. The van der Waals surface area contributed by atoms with E-state index in [-0.39, 0.29) is 23.9 Å². The minimum Gasteiger partial charge on any atom is -0.352 e. The number of carbonyl (C=O) groups is 2. The van der Waals surface area contributed by atoms with Crippen LogP contribution < -0.4 is 10.6 Å². The highest BCUT2D eigenvalue weighted by Gasteiger charge is 2.32. The Hall–Kier alpha value is -1.14. The first-order chi connectivity index (χ1) is 12.5. The molecule has 148 valence electrons. The summed E-state index contributed by atoms with van der Waals surface area (Å²) in [4.78, 5) is 29.4. The van der Waals surface area contributed by atoms with Crippen LogP contribution in [0.4, 0.5) is 0 Å². The lowest BCUT2D eigenvalue weighted by Crippen LogP contribution is -2.58. The lowest BCUT2D eigenvalue weighted by atomic mass is 10.1. The van der Waals surface area contributed by atoms with Gasteiger partial charge in [0.2, 0.25) is 11.8 Å². The summed E-state index contributed by atoms with van der Waals surface area (Å²) in [6.45, 7) is 7.40. The normalized spacial score (nSPS) is 25.9. The van der Waals surface area contributed by atoms with E-state index in [0.717, 1.165) is 51.9 Å². The number of hydrogen-bond acceptors (Lipinski definition) is 4. The summed E-state index contributed by atoms with van der Waals surface area (Å²) < 4.78 is 0. The zero-order chi connectivity index (χ0) is 18.5. The largest absolute Gasteiger partial charge is 0.352 e. The summed E-state index contributed by atoms with van der Waals surface area (Å²) >= 11 is 0. The third kappa shape index (κ3) is 5.43.